The van der Waals surface area contributed by atoms with Crippen molar-refractivity contribution in [3.05, 3.63) is 0 Å². The molecule has 19 heavy (non-hydrogen) atoms. The number of hydrogen-bond donors (Lipinski definition) is 0. The fourth-order valence-corrected chi connectivity index (χ4v) is 3.86. The molecule has 1 saturated heterocycles. The summed E-state index contributed by atoms with van der Waals surface area (Å²) < 4.78 is 0. The minimum Gasteiger partial charge on any atom is -0.332 e. The van der Waals surface area contributed by atoms with Crippen LogP contribution in [0, 0.1) is 17.3 Å². The van der Waals surface area contributed by atoms with E-state index in [1.54, 1.807) is 0 Å². The summed E-state index contributed by atoms with van der Waals surface area (Å²) in [6, 6.07) is 0. The van der Waals surface area contributed by atoms with Gasteiger partial charge in [0.1, 0.15) is 0 Å². The van der Waals surface area contributed by atoms with E-state index in [0.29, 0.717) is 17.7 Å². The number of piperidine rings is 1. The zero-order chi connectivity index (χ0) is 15.2. The third-order valence-corrected chi connectivity index (χ3v) is 5.10. The van der Waals surface area contributed by atoms with E-state index >= 15 is 0 Å². The normalized spacial score (nSPS) is 23.8. The Morgan fingerprint density at radius 3 is 1.79 bits per heavy atom. The molecule has 1 aliphatic heterocycles. The minimum atomic E-state index is -0.297. The van der Waals surface area contributed by atoms with Crippen molar-refractivity contribution in [3.8, 4) is 0 Å². The number of carbonyl (C=O) groups excluding carboxylic acids is 1. The Bertz CT molecular complexity index is 334. The predicted octanol–water partition coefficient (Wildman–Crippen LogP) is 4.48. The zero-order valence-electron chi connectivity index (χ0n) is 14.4. The highest BCUT2D eigenvalue weighted by molar-refractivity contribution is 5.83. The van der Waals surface area contributed by atoms with Crippen LogP contribution in [-0.4, -0.2) is 21.9 Å². The molecule has 0 unspecified atom stereocenters. The van der Waals surface area contributed by atoms with Crippen molar-refractivity contribution >= 4 is 5.91 Å². The number of hydrogen-bond acceptors (Lipinski definition) is 1. The Morgan fingerprint density at radius 1 is 1.11 bits per heavy atom. The lowest BCUT2D eigenvalue weighted by Gasteiger charge is -2.57. The number of likely N-dealkylation sites (tertiary alicyclic amines) is 1. The highest BCUT2D eigenvalue weighted by Gasteiger charge is 2.50. The van der Waals surface area contributed by atoms with Crippen LogP contribution in [0.1, 0.15) is 75.2 Å². The second-order valence-corrected chi connectivity index (χ2v) is 8.66. The molecule has 0 atom stereocenters. The molecule has 0 aliphatic carbocycles. The molecule has 1 aliphatic rings. The van der Waals surface area contributed by atoms with Crippen molar-refractivity contribution in [2.75, 3.05) is 0 Å². The van der Waals surface area contributed by atoms with Gasteiger partial charge >= 0.3 is 0 Å². The van der Waals surface area contributed by atoms with Crippen molar-refractivity contribution in [3.63, 3.8) is 0 Å². The molecule has 0 spiro atoms. The van der Waals surface area contributed by atoms with Gasteiger partial charge in [0.05, 0.1) is 0 Å². The molecule has 0 saturated carbocycles. The fourth-order valence-electron chi connectivity index (χ4n) is 3.86. The van der Waals surface area contributed by atoms with Crippen molar-refractivity contribution in [2.45, 2.75) is 86.2 Å². The maximum Gasteiger partial charge on any atom is 0.229 e. The monoisotopic (exact) mass is 267 g/mol. The minimum absolute atomic E-state index is 0.0512. The molecular formula is C17H33NO. The van der Waals surface area contributed by atoms with E-state index < -0.39 is 0 Å². The Labute approximate surface area is 119 Å². The van der Waals surface area contributed by atoms with Crippen molar-refractivity contribution in [2.24, 2.45) is 17.3 Å². The number of carbonyl (C=O) groups is 1. The van der Waals surface area contributed by atoms with Crippen LogP contribution in [0.2, 0.25) is 0 Å². The first kappa shape index (κ1) is 16.5. The third kappa shape index (κ3) is 2.98. The van der Waals surface area contributed by atoms with Crippen LogP contribution in [0.3, 0.4) is 0 Å². The van der Waals surface area contributed by atoms with Gasteiger partial charge in [-0.2, -0.15) is 0 Å². The van der Waals surface area contributed by atoms with Gasteiger partial charge < -0.3 is 4.90 Å². The topological polar surface area (TPSA) is 20.3 Å². The van der Waals surface area contributed by atoms with E-state index in [4.69, 9.17) is 0 Å². The van der Waals surface area contributed by atoms with Gasteiger partial charge in [0.15, 0.2) is 0 Å². The van der Waals surface area contributed by atoms with E-state index in [1.165, 1.54) is 0 Å². The molecule has 1 heterocycles. The van der Waals surface area contributed by atoms with Gasteiger partial charge in [0.25, 0.3) is 0 Å². The molecule has 2 heteroatoms. The summed E-state index contributed by atoms with van der Waals surface area (Å²) in [5.74, 6) is 1.34. The molecule has 0 aromatic rings. The quantitative estimate of drug-likeness (QED) is 0.722. The second kappa shape index (κ2) is 4.79. The highest BCUT2D eigenvalue weighted by atomic mass is 16.2. The second-order valence-electron chi connectivity index (χ2n) is 8.66. The first-order chi connectivity index (χ1) is 8.32. The number of amides is 1. The molecule has 2 nitrogen and oxygen atoms in total. The first-order valence-electron chi connectivity index (χ1n) is 7.67. The lowest BCUT2D eigenvalue weighted by Crippen LogP contribution is -2.65. The largest absolute Gasteiger partial charge is 0.332 e. The van der Waals surface area contributed by atoms with Gasteiger partial charge in [-0.3, -0.25) is 4.79 Å². The van der Waals surface area contributed by atoms with Crippen molar-refractivity contribution < 1.29 is 4.79 Å². The SMILES string of the molecule is CC1CC(C)(C)N(C(=O)C(C)(C)C(C)C)C(C)(C)C1. The average molecular weight is 267 g/mol. The van der Waals surface area contributed by atoms with Crippen LogP contribution in [0.4, 0.5) is 0 Å². The van der Waals surface area contributed by atoms with Crippen molar-refractivity contribution in [1.29, 1.82) is 0 Å². The summed E-state index contributed by atoms with van der Waals surface area (Å²) in [5, 5.41) is 0. The summed E-state index contributed by atoms with van der Waals surface area (Å²) in [6.45, 7) is 19.6. The lowest BCUT2D eigenvalue weighted by atomic mass is 9.71. The van der Waals surface area contributed by atoms with Crippen LogP contribution in [-0.2, 0) is 4.79 Å². The van der Waals surface area contributed by atoms with Crippen LogP contribution in [0.5, 0.6) is 0 Å². The molecule has 0 N–H and O–H groups in total. The Morgan fingerprint density at radius 2 is 1.47 bits per heavy atom. The molecule has 112 valence electrons. The van der Waals surface area contributed by atoms with Crippen LogP contribution in [0.15, 0.2) is 0 Å². The molecule has 1 fully saturated rings. The maximum atomic E-state index is 13.1. The van der Waals surface area contributed by atoms with Gasteiger partial charge in [0.2, 0.25) is 5.91 Å². The zero-order valence-corrected chi connectivity index (χ0v) is 14.4. The molecular weight excluding hydrogens is 234 g/mol. The smallest absolute Gasteiger partial charge is 0.229 e. The molecule has 0 bridgehead atoms. The van der Waals surface area contributed by atoms with Crippen LogP contribution < -0.4 is 0 Å². The van der Waals surface area contributed by atoms with Gasteiger partial charge in [0, 0.05) is 16.5 Å². The summed E-state index contributed by atoms with van der Waals surface area (Å²) >= 11 is 0. The van der Waals surface area contributed by atoms with E-state index in [2.05, 4.69) is 67.2 Å². The van der Waals surface area contributed by atoms with Gasteiger partial charge in [-0.1, -0.05) is 34.6 Å². The molecule has 1 rings (SSSR count). The number of rotatable bonds is 2. The lowest BCUT2D eigenvalue weighted by molar-refractivity contribution is -0.163. The van der Waals surface area contributed by atoms with Gasteiger partial charge in [-0.25, -0.2) is 0 Å². The van der Waals surface area contributed by atoms with E-state index in [9.17, 15) is 4.79 Å². The van der Waals surface area contributed by atoms with E-state index in [0.717, 1.165) is 12.8 Å². The Balaban J connectivity index is 3.18. The van der Waals surface area contributed by atoms with Crippen LogP contribution in [0.25, 0.3) is 0 Å². The molecule has 1 amide bonds. The summed E-state index contributed by atoms with van der Waals surface area (Å²) in [4.78, 5) is 15.3. The maximum absolute atomic E-state index is 13.1. The summed E-state index contributed by atoms with van der Waals surface area (Å²) in [7, 11) is 0. The first-order valence-corrected chi connectivity index (χ1v) is 7.67. The van der Waals surface area contributed by atoms with Crippen LogP contribution >= 0.6 is 0 Å². The standard InChI is InChI=1S/C17H33NO/c1-12(2)17(8,9)14(19)18-15(4,5)10-13(3)11-16(18,6)7/h12-13H,10-11H2,1-9H3. The third-order valence-electron chi connectivity index (χ3n) is 5.10. The number of nitrogens with zero attached hydrogens (tertiary/aromatic N) is 1. The van der Waals surface area contributed by atoms with Gasteiger partial charge in [-0.05, 0) is 52.4 Å². The average Bonchev–Trinajstić information content (AvgIpc) is 2.11. The molecule has 0 radical (unpaired) electrons. The summed E-state index contributed by atoms with van der Waals surface area (Å²) in [6.07, 6.45) is 2.19. The van der Waals surface area contributed by atoms with Crippen molar-refractivity contribution in [1.82, 2.24) is 4.90 Å². The van der Waals surface area contributed by atoms with E-state index in [1.807, 2.05) is 0 Å². The Kier molecular flexibility index (Phi) is 4.16. The molecule has 0 aromatic heterocycles. The fraction of sp³-hybridized carbons (Fsp3) is 0.941. The van der Waals surface area contributed by atoms with Gasteiger partial charge in [-0.15, -0.1) is 0 Å². The summed E-state index contributed by atoms with van der Waals surface area (Å²) in [5.41, 5.74) is -0.399. The Hall–Kier alpha value is -0.530. The highest BCUT2D eigenvalue weighted by Crippen LogP contribution is 2.44. The van der Waals surface area contributed by atoms with E-state index in [-0.39, 0.29) is 16.5 Å². The predicted molar refractivity (Wildman–Crippen MR) is 82.0 cm³/mol. The molecule has 0 aromatic carbocycles.